The molecule has 1 unspecified atom stereocenters. The highest BCUT2D eigenvalue weighted by molar-refractivity contribution is 5.95. The fourth-order valence-electron chi connectivity index (χ4n) is 4.36. The lowest BCUT2D eigenvalue weighted by atomic mass is 9.77. The van der Waals surface area contributed by atoms with E-state index < -0.39 is 23.1 Å². The van der Waals surface area contributed by atoms with Gasteiger partial charge in [0.15, 0.2) is 0 Å². The molecule has 1 fully saturated rings. The number of ether oxygens (including phenoxy) is 1. The monoisotopic (exact) mass is 373 g/mol. The number of benzene rings is 1. The van der Waals surface area contributed by atoms with Gasteiger partial charge < -0.3 is 9.64 Å². The van der Waals surface area contributed by atoms with Crippen LogP contribution < -0.4 is 4.74 Å². The number of nitrogens with zero attached hydrogens (tertiary/aromatic N) is 3. The van der Waals surface area contributed by atoms with Crippen LogP contribution in [0.5, 0.6) is 5.75 Å². The molecule has 0 N–H and O–H groups in total. The zero-order valence-electron chi connectivity index (χ0n) is 15.4. The number of hydrogen-bond acceptors (Lipinski definition) is 4. The largest absolute Gasteiger partial charge is 0.497 e. The van der Waals surface area contributed by atoms with Crippen LogP contribution in [0.4, 0.5) is 8.78 Å². The minimum absolute atomic E-state index is 0.0496. The Kier molecular flexibility index (Phi) is 4.32. The zero-order valence-corrected chi connectivity index (χ0v) is 15.4. The summed E-state index contributed by atoms with van der Waals surface area (Å²) in [5.74, 6) is -1.67. The van der Waals surface area contributed by atoms with E-state index in [0.717, 1.165) is 49.1 Å². The van der Waals surface area contributed by atoms with E-state index in [2.05, 4.69) is 9.97 Å². The molecule has 2 heterocycles. The molecule has 1 atom stereocenters. The van der Waals surface area contributed by atoms with Gasteiger partial charge in [-0.3, -0.25) is 4.79 Å². The minimum Gasteiger partial charge on any atom is -0.497 e. The Bertz CT molecular complexity index is 891. The van der Waals surface area contributed by atoms with Crippen molar-refractivity contribution in [3.8, 4) is 5.75 Å². The summed E-state index contributed by atoms with van der Waals surface area (Å²) < 4.78 is 33.6. The van der Waals surface area contributed by atoms with Gasteiger partial charge in [-0.1, -0.05) is 0 Å². The molecular weight excluding hydrogens is 352 g/mol. The Hall–Kier alpha value is -2.57. The van der Waals surface area contributed by atoms with Crippen LogP contribution in [0.3, 0.4) is 0 Å². The molecule has 0 saturated carbocycles. The molecule has 1 aliphatic heterocycles. The number of likely N-dealkylation sites (tertiary alicyclic amines) is 1. The van der Waals surface area contributed by atoms with Crippen molar-refractivity contribution in [1.82, 2.24) is 14.9 Å². The number of carbonyl (C=O) groups excluding carboxylic acids is 1. The highest BCUT2D eigenvalue weighted by Gasteiger charge is 2.45. The van der Waals surface area contributed by atoms with Crippen LogP contribution in [0.25, 0.3) is 0 Å². The molecule has 7 heteroatoms. The maximum absolute atomic E-state index is 14.4. The van der Waals surface area contributed by atoms with Crippen LogP contribution in [0.1, 0.15) is 46.7 Å². The van der Waals surface area contributed by atoms with E-state index >= 15 is 0 Å². The Labute approximate surface area is 156 Å². The van der Waals surface area contributed by atoms with Gasteiger partial charge in [0.05, 0.1) is 12.8 Å². The third-order valence-electron chi connectivity index (χ3n) is 5.69. The van der Waals surface area contributed by atoms with Gasteiger partial charge >= 0.3 is 0 Å². The van der Waals surface area contributed by atoms with E-state index in [9.17, 15) is 13.6 Å². The van der Waals surface area contributed by atoms with Gasteiger partial charge in [0.1, 0.15) is 28.8 Å². The second-order valence-electron chi connectivity index (χ2n) is 7.37. The summed E-state index contributed by atoms with van der Waals surface area (Å²) in [6.07, 6.45) is 5.28. The Balaban J connectivity index is 1.66. The molecule has 4 rings (SSSR count). The first-order valence-electron chi connectivity index (χ1n) is 9.09. The lowest BCUT2D eigenvalue weighted by Crippen LogP contribution is -2.48. The summed E-state index contributed by atoms with van der Waals surface area (Å²) in [5, 5.41) is 0. The molecular formula is C20H21F2N3O2. The van der Waals surface area contributed by atoms with Crippen molar-refractivity contribution in [3.63, 3.8) is 0 Å². The van der Waals surface area contributed by atoms with Crippen molar-refractivity contribution in [3.05, 3.63) is 52.6 Å². The Morgan fingerprint density at radius 2 is 2.00 bits per heavy atom. The number of fused-ring (bicyclic) bond motifs is 2. The van der Waals surface area contributed by atoms with E-state index in [1.165, 1.54) is 7.11 Å². The number of hydrogen-bond donors (Lipinski definition) is 0. The van der Waals surface area contributed by atoms with E-state index in [1.54, 1.807) is 4.90 Å². The van der Waals surface area contributed by atoms with Crippen LogP contribution in [-0.4, -0.2) is 41.0 Å². The van der Waals surface area contributed by atoms with Crippen molar-refractivity contribution in [2.75, 3.05) is 20.2 Å². The van der Waals surface area contributed by atoms with E-state index in [-0.39, 0.29) is 11.2 Å². The number of carbonyl (C=O) groups is 1. The summed E-state index contributed by atoms with van der Waals surface area (Å²) in [4.78, 5) is 23.4. The number of aryl methyl sites for hydroxylation is 2. The predicted molar refractivity (Wildman–Crippen MR) is 94.8 cm³/mol. The average molecular weight is 373 g/mol. The van der Waals surface area contributed by atoms with Gasteiger partial charge in [-0.2, -0.15) is 0 Å². The normalized spacial score (nSPS) is 21.4. The maximum atomic E-state index is 14.4. The minimum atomic E-state index is -0.901. The second kappa shape index (κ2) is 6.55. The smallest absolute Gasteiger partial charge is 0.259 e. The summed E-state index contributed by atoms with van der Waals surface area (Å²) in [6, 6.07) is 2.08. The van der Waals surface area contributed by atoms with Crippen molar-refractivity contribution in [2.45, 2.75) is 38.0 Å². The molecule has 27 heavy (non-hydrogen) atoms. The van der Waals surface area contributed by atoms with Crippen LogP contribution in [0.15, 0.2) is 18.3 Å². The quantitative estimate of drug-likeness (QED) is 0.811. The first kappa shape index (κ1) is 17.8. The van der Waals surface area contributed by atoms with Crippen molar-refractivity contribution in [1.29, 1.82) is 0 Å². The maximum Gasteiger partial charge on any atom is 0.259 e. The predicted octanol–water partition coefficient (Wildman–Crippen LogP) is 3.19. The molecule has 1 spiro atoms. The molecule has 1 aliphatic carbocycles. The fourth-order valence-corrected chi connectivity index (χ4v) is 4.36. The first-order chi connectivity index (χ1) is 12.9. The Morgan fingerprint density at radius 3 is 2.70 bits per heavy atom. The summed E-state index contributed by atoms with van der Waals surface area (Å²) in [6.45, 7) is 2.74. The van der Waals surface area contributed by atoms with E-state index in [1.807, 2.05) is 13.1 Å². The molecule has 2 aliphatic rings. The van der Waals surface area contributed by atoms with Gasteiger partial charge in [0.2, 0.25) is 0 Å². The van der Waals surface area contributed by atoms with Crippen LogP contribution in [-0.2, 0) is 11.8 Å². The molecule has 1 aromatic carbocycles. The fraction of sp³-hybridized carbons (Fsp3) is 0.450. The molecule has 2 aromatic rings. The molecule has 0 radical (unpaired) electrons. The Morgan fingerprint density at radius 1 is 1.26 bits per heavy atom. The molecule has 1 amide bonds. The van der Waals surface area contributed by atoms with E-state index in [0.29, 0.717) is 18.9 Å². The molecule has 142 valence electrons. The number of halogens is 2. The number of rotatable bonds is 2. The van der Waals surface area contributed by atoms with Gasteiger partial charge in [-0.15, -0.1) is 0 Å². The number of methoxy groups -OCH3 is 1. The van der Waals surface area contributed by atoms with Gasteiger partial charge in [0, 0.05) is 36.8 Å². The lowest BCUT2D eigenvalue weighted by molar-refractivity contribution is 0.0623. The van der Waals surface area contributed by atoms with E-state index in [4.69, 9.17) is 4.74 Å². The first-order valence-corrected chi connectivity index (χ1v) is 9.09. The molecule has 5 nitrogen and oxygen atoms in total. The molecule has 1 saturated heterocycles. The third kappa shape index (κ3) is 2.95. The third-order valence-corrected chi connectivity index (χ3v) is 5.69. The van der Waals surface area contributed by atoms with Crippen molar-refractivity contribution >= 4 is 5.91 Å². The van der Waals surface area contributed by atoms with Crippen LogP contribution in [0, 0.1) is 18.6 Å². The average Bonchev–Trinajstić information content (AvgIpc) is 2.98. The highest BCUT2D eigenvalue weighted by Crippen LogP contribution is 2.44. The summed E-state index contributed by atoms with van der Waals surface area (Å²) in [7, 11) is 1.32. The van der Waals surface area contributed by atoms with Crippen LogP contribution in [0.2, 0.25) is 0 Å². The topological polar surface area (TPSA) is 55.3 Å². The van der Waals surface area contributed by atoms with Crippen molar-refractivity contribution in [2.24, 2.45) is 0 Å². The number of aromatic nitrogens is 2. The SMILES string of the molecule is COc1cc(F)c(C(=O)N2CCCC3(CCc4cnc(C)nc43)C2)c(F)c1. The summed E-state index contributed by atoms with van der Waals surface area (Å²) >= 11 is 0. The van der Waals surface area contributed by atoms with Gasteiger partial charge in [-0.25, -0.2) is 18.7 Å². The second-order valence-corrected chi connectivity index (χ2v) is 7.37. The molecule has 1 aromatic heterocycles. The van der Waals surface area contributed by atoms with Crippen LogP contribution >= 0.6 is 0 Å². The van der Waals surface area contributed by atoms with Crippen molar-refractivity contribution < 1.29 is 18.3 Å². The lowest BCUT2D eigenvalue weighted by Gasteiger charge is -2.40. The highest BCUT2D eigenvalue weighted by atomic mass is 19.1. The zero-order chi connectivity index (χ0) is 19.2. The summed E-state index contributed by atoms with van der Waals surface area (Å²) in [5.41, 5.74) is 1.32. The molecule has 0 bridgehead atoms. The van der Waals surface area contributed by atoms with Gasteiger partial charge in [-0.05, 0) is 38.2 Å². The van der Waals surface area contributed by atoms with Gasteiger partial charge in [0.25, 0.3) is 5.91 Å². The number of piperidine rings is 1. The standard InChI is InChI=1S/C20H21F2N3O2/c1-12-23-10-13-4-6-20(18(13)24-12)5-3-7-25(11-20)19(26)17-15(21)8-14(27-2)9-16(17)22/h8-10H,3-7,11H2,1-2H3. The number of amides is 1.